The quantitative estimate of drug-likeness (QED) is 0.311. The Morgan fingerprint density at radius 2 is 1.68 bits per heavy atom. The first-order chi connectivity index (χ1) is 19.4. The molecule has 210 valence electrons. The molecule has 2 aromatic carbocycles. The fourth-order valence-corrected chi connectivity index (χ4v) is 5.25. The van der Waals surface area contributed by atoms with Crippen molar-refractivity contribution in [3.63, 3.8) is 0 Å². The molecule has 11 heteroatoms. The lowest BCUT2D eigenvalue weighted by Gasteiger charge is -2.14. The van der Waals surface area contributed by atoms with E-state index in [2.05, 4.69) is 10.6 Å². The third-order valence-electron chi connectivity index (χ3n) is 7.25. The summed E-state index contributed by atoms with van der Waals surface area (Å²) < 4.78 is 18.5. The van der Waals surface area contributed by atoms with Gasteiger partial charge in [-0.3, -0.25) is 19.0 Å². The summed E-state index contributed by atoms with van der Waals surface area (Å²) in [7, 11) is 3.12. The van der Waals surface area contributed by atoms with Crippen molar-refractivity contribution in [2.24, 2.45) is 0 Å². The molecule has 0 unspecified atom stereocenters. The lowest BCUT2D eigenvalue weighted by atomic mass is 10.1. The number of fused-ring (bicyclic) bond motifs is 3. The van der Waals surface area contributed by atoms with Gasteiger partial charge in [0.25, 0.3) is 5.56 Å². The molecule has 2 aromatic heterocycles. The van der Waals surface area contributed by atoms with Gasteiger partial charge in [0.15, 0.2) is 11.5 Å². The molecular weight excluding hydrogens is 516 g/mol. The fraction of sp³-hybridized carbons (Fsp3) is 0.379. The maximum absolute atomic E-state index is 13.6. The zero-order valence-corrected chi connectivity index (χ0v) is 22.5. The number of nitrogens with zero attached hydrogens (tertiary/aromatic N) is 2. The van der Waals surface area contributed by atoms with Crippen LogP contribution in [0.5, 0.6) is 11.5 Å². The van der Waals surface area contributed by atoms with Crippen LogP contribution in [0.25, 0.3) is 22.1 Å². The van der Waals surface area contributed by atoms with E-state index in [-0.39, 0.29) is 23.7 Å². The smallest absolute Gasteiger partial charge is 0.332 e. The number of furan rings is 1. The average Bonchev–Trinajstić information content (AvgIpc) is 3.61. The number of rotatable bonds is 10. The first kappa shape index (κ1) is 27.0. The maximum Gasteiger partial charge on any atom is 0.332 e. The minimum atomic E-state index is -0.749. The molecule has 1 aliphatic rings. The molecule has 2 N–H and O–H groups in total. The molecule has 1 aliphatic carbocycles. The van der Waals surface area contributed by atoms with Crippen molar-refractivity contribution in [2.45, 2.75) is 51.2 Å². The second kappa shape index (κ2) is 11.7. The maximum atomic E-state index is 13.6. The number of amides is 2. The summed E-state index contributed by atoms with van der Waals surface area (Å²) in [6.45, 7) is -0.501. The highest BCUT2D eigenvalue weighted by Gasteiger charge is 2.24. The van der Waals surface area contributed by atoms with Crippen LogP contribution in [0.4, 0.5) is 0 Å². The number of carbonyl (C=O) groups excluding carboxylic acids is 2. The standard InChI is InChI=1S/C29H32N4O7/c1-38-22-12-11-18(15-23(22)39-2)13-14-30-24(34)16-32-26-20-9-5-6-10-21(20)40-27(26)28(36)33(29(32)37)17-25(35)31-19-7-3-4-8-19/h5-6,9-12,15,19H,3-4,7-8,13-14,16-17H2,1-2H3,(H,30,34)(H,31,35). The summed E-state index contributed by atoms with van der Waals surface area (Å²) in [5, 5.41) is 6.27. The van der Waals surface area contributed by atoms with Crippen LogP contribution in [0.2, 0.25) is 0 Å². The van der Waals surface area contributed by atoms with Crippen LogP contribution in [0.1, 0.15) is 31.2 Å². The Bertz CT molecular complexity index is 1680. The predicted octanol–water partition coefficient (Wildman–Crippen LogP) is 2.34. The highest BCUT2D eigenvalue weighted by molar-refractivity contribution is 6.02. The van der Waals surface area contributed by atoms with E-state index >= 15 is 0 Å². The van der Waals surface area contributed by atoms with Crippen LogP contribution in [0.3, 0.4) is 0 Å². The zero-order valence-electron chi connectivity index (χ0n) is 22.5. The van der Waals surface area contributed by atoms with Crippen molar-refractivity contribution < 1.29 is 23.5 Å². The Balaban J connectivity index is 1.40. The lowest BCUT2D eigenvalue weighted by Crippen LogP contribution is -2.46. The van der Waals surface area contributed by atoms with Gasteiger partial charge in [0.05, 0.1) is 14.2 Å². The molecule has 1 fully saturated rings. The van der Waals surface area contributed by atoms with Crippen LogP contribution in [0, 0.1) is 0 Å². The number of carbonyl (C=O) groups is 2. The van der Waals surface area contributed by atoms with Crippen molar-refractivity contribution in [2.75, 3.05) is 20.8 Å². The number of nitrogens with one attached hydrogen (secondary N) is 2. The van der Waals surface area contributed by atoms with Crippen LogP contribution in [-0.4, -0.2) is 47.8 Å². The third kappa shape index (κ3) is 5.45. The summed E-state index contributed by atoms with van der Waals surface area (Å²) in [6, 6.07) is 12.5. The SMILES string of the molecule is COc1ccc(CCNC(=O)Cn2c(=O)n(CC(=O)NC3CCCC3)c(=O)c3oc4ccccc4c32)cc1OC. The van der Waals surface area contributed by atoms with Gasteiger partial charge in [-0.2, -0.15) is 0 Å². The number of ether oxygens (including phenoxy) is 2. The van der Waals surface area contributed by atoms with Gasteiger partial charge in [0, 0.05) is 18.0 Å². The second-order valence-corrected chi connectivity index (χ2v) is 9.87. The molecule has 2 heterocycles. The van der Waals surface area contributed by atoms with E-state index in [0.29, 0.717) is 35.4 Å². The van der Waals surface area contributed by atoms with E-state index in [9.17, 15) is 19.2 Å². The number of aromatic nitrogens is 2. The number of methoxy groups -OCH3 is 2. The van der Waals surface area contributed by atoms with E-state index in [1.165, 1.54) is 4.57 Å². The summed E-state index contributed by atoms with van der Waals surface area (Å²) in [6.07, 6.45) is 4.33. The van der Waals surface area contributed by atoms with E-state index in [4.69, 9.17) is 13.9 Å². The topological polar surface area (TPSA) is 134 Å². The molecule has 0 saturated heterocycles. The van der Waals surface area contributed by atoms with Gasteiger partial charge in [-0.25, -0.2) is 9.36 Å². The Morgan fingerprint density at radius 1 is 0.950 bits per heavy atom. The summed E-state index contributed by atoms with van der Waals surface area (Å²) in [4.78, 5) is 52.6. The number of para-hydroxylation sites is 1. The van der Waals surface area contributed by atoms with Gasteiger partial charge in [-0.15, -0.1) is 0 Å². The van der Waals surface area contributed by atoms with Gasteiger partial charge in [-0.1, -0.05) is 31.0 Å². The Hall–Kier alpha value is -4.54. The molecule has 11 nitrogen and oxygen atoms in total. The molecule has 0 aliphatic heterocycles. The Kier molecular flexibility index (Phi) is 7.90. The average molecular weight is 549 g/mol. The molecule has 2 amide bonds. The van der Waals surface area contributed by atoms with E-state index < -0.39 is 29.6 Å². The molecular formula is C29H32N4O7. The van der Waals surface area contributed by atoms with Crippen molar-refractivity contribution in [3.8, 4) is 11.5 Å². The Morgan fingerprint density at radius 3 is 2.42 bits per heavy atom. The van der Waals surface area contributed by atoms with Crippen LogP contribution in [-0.2, 0) is 29.1 Å². The summed E-state index contributed by atoms with van der Waals surface area (Å²) in [5.74, 6) is 0.353. The van der Waals surface area contributed by atoms with Gasteiger partial charge < -0.3 is 24.5 Å². The Labute approximate surface area is 229 Å². The number of benzene rings is 2. The first-order valence-corrected chi connectivity index (χ1v) is 13.3. The van der Waals surface area contributed by atoms with Crippen molar-refractivity contribution >= 4 is 33.9 Å². The largest absolute Gasteiger partial charge is 0.493 e. The minimum Gasteiger partial charge on any atom is -0.493 e. The minimum absolute atomic E-state index is 0.0387. The molecule has 0 spiro atoms. The van der Waals surface area contributed by atoms with Crippen LogP contribution in [0.15, 0.2) is 56.5 Å². The first-order valence-electron chi connectivity index (χ1n) is 13.3. The summed E-state index contributed by atoms with van der Waals surface area (Å²) in [5.41, 5.74) is 0.0363. The molecule has 0 atom stereocenters. The zero-order chi connectivity index (χ0) is 28.2. The van der Waals surface area contributed by atoms with Crippen LogP contribution >= 0.6 is 0 Å². The highest BCUT2D eigenvalue weighted by atomic mass is 16.5. The highest BCUT2D eigenvalue weighted by Crippen LogP contribution is 2.28. The monoisotopic (exact) mass is 548 g/mol. The lowest BCUT2D eigenvalue weighted by molar-refractivity contribution is -0.122. The van der Waals surface area contributed by atoms with Crippen molar-refractivity contribution in [1.82, 2.24) is 19.8 Å². The number of hydrogen-bond donors (Lipinski definition) is 2. The molecule has 0 radical (unpaired) electrons. The van der Waals surface area contributed by atoms with Crippen molar-refractivity contribution in [3.05, 3.63) is 68.9 Å². The van der Waals surface area contributed by atoms with Crippen molar-refractivity contribution in [1.29, 1.82) is 0 Å². The molecule has 4 aromatic rings. The van der Waals surface area contributed by atoms with Crippen LogP contribution < -0.4 is 31.4 Å². The van der Waals surface area contributed by atoms with E-state index in [1.807, 2.05) is 12.1 Å². The molecule has 40 heavy (non-hydrogen) atoms. The van der Waals surface area contributed by atoms with E-state index in [0.717, 1.165) is 35.8 Å². The third-order valence-corrected chi connectivity index (χ3v) is 7.25. The number of hydrogen-bond acceptors (Lipinski definition) is 7. The fourth-order valence-electron chi connectivity index (χ4n) is 5.25. The predicted molar refractivity (Wildman–Crippen MR) is 149 cm³/mol. The van der Waals surface area contributed by atoms with Gasteiger partial charge in [0.1, 0.15) is 24.2 Å². The second-order valence-electron chi connectivity index (χ2n) is 9.87. The molecule has 5 rings (SSSR count). The van der Waals surface area contributed by atoms with E-state index in [1.54, 1.807) is 44.6 Å². The van der Waals surface area contributed by atoms with Gasteiger partial charge >= 0.3 is 5.69 Å². The van der Waals surface area contributed by atoms with Gasteiger partial charge in [0.2, 0.25) is 17.4 Å². The molecule has 1 saturated carbocycles. The normalized spacial score (nSPS) is 13.6. The summed E-state index contributed by atoms with van der Waals surface area (Å²) >= 11 is 0. The van der Waals surface area contributed by atoms with Gasteiger partial charge in [-0.05, 0) is 49.1 Å². The molecule has 0 bridgehead atoms.